The van der Waals surface area contributed by atoms with E-state index in [0.717, 1.165) is 5.56 Å². The van der Waals surface area contributed by atoms with Crippen molar-refractivity contribution in [3.63, 3.8) is 0 Å². The molecule has 132 valence electrons. The van der Waals surface area contributed by atoms with Crippen molar-refractivity contribution >= 4 is 34.4 Å². The monoisotopic (exact) mass is 367 g/mol. The number of thiazole rings is 1. The van der Waals surface area contributed by atoms with Crippen LogP contribution in [-0.2, 0) is 16.1 Å². The van der Waals surface area contributed by atoms with Gasteiger partial charge in [-0.15, -0.1) is 11.3 Å². The maximum absolute atomic E-state index is 12.0. The molecule has 3 rings (SSSR count). The van der Waals surface area contributed by atoms with Crippen LogP contribution in [-0.4, -0.2) is 16.8 Å². The van der Waals surface area contributed by atoms with E-state index in [1.807, 2.05) is 30.3 Å². The molecule has 1 aromatic carbocycles. The summed E-state index contributed by atoms with van der Waals surface area (Å²) in [7, 11) is 0. The number of hydrogen-bond donors (Lipinski definition) is 2. The van der Waals surface area contributed by atoms with Gasteiger partial charge in [-0.2, -0.15) is 0 Å². The first kappa shape index (κ1) is 17.6. The Morgan fingerprint density at radius 2 is 2.00 bits per heavy atom. The molecule has 2 amide bonds. The minimum Gasteiger partial charge on any atom is -0.458 e. The van der Waals surface area contributed by atoms with Crippen LogP contribution in [0.2, 0.25) is 0 Å². The summed E-state index contributed by atoms with van der Waals surface area (Å²) >= 11 is 1.32. The standard InChI is InChI=1S/C19H17N3O3S/c1-13(23)20-11-15-8-9-17(25-15)16-12-26-19(21-16)22-18(24)10-7-14-5-3-2-4-6-14/h2-10,12H,11H2,1H3,(H,20,23)(H,21,22,24)/b10-7+. The maximum atomic E-state index is 12.0. The maximum Gasteiger partial charge on any atom is 0.250 e. The summed E-state index contributed by atoms with van der Waals surface area (Å²) in [6, 6.07) is 13.1. The molecule has 2 aromatic heterocycles. The first-order valence-electron chi connectivity index (χ1n) is 7.93. The van der Waals surface area contributed by atoms with Crippen LogP contribution < -0.4 is 10.6 Å². The van der Waals surface area contributed by atoms with E-state index in [4.69, 9.17) is 4.42 Å². The van der Waals surface area contributed by atoms with Crippen LogP contribution in [0.3, 0.4) is 0 Å². The Bertz CT molecular complexity index is 928. The van der Waals surface area contributed by atoms with Gasteiger partial charge in [-0.05, 0) is 23.8 Å². The second-order valence-corrected chi connectivity index (χ2v) is 6.30. The number of benzene rings is 1. The normalized spacial score (nSPS) is 10.8. The van der Waals surface area contributed by atoms with Gasteiger partial charge in [0.05, 0.1) is 6.54 Å². The van der Waals surface area contributed by atoms with Crippen LogP contribution in [0.1, 0.15) is 18.2 Å². The molecule has 0 bridgehead atoms. The fourth-order valence-corrected chi connectivity index (χ4v) is 2.85. The van der Waals surface area contributed by atoms with E-state index in [-0.39, 0.29) is 11.8 Å². The Morgan fingerprint density at radius 3 is 2.77 bits per heavy atom. The number of furan rings is 1. The lowest BCUT2D eigenvalue weighted by molar-refractivity contribution is -0.119. The van der Waals surface area contributed by atoms with Gasteiger partial charge in [0.25, 0.3) is 0 Å². The van der Waals surface area contributed by atoms with Crippen molar-refractivity contribution in [1.82, 2.24) is 10.3 Å². The number of carbonyl (C=O) groups is 2. The zero-order valence-electron chi connectivity index (χ0n) is 14.1. The lowest BCUT2D eigenvalue weighted by atomic mass is 10.2. The van der Waals surface area contributed by atoms with Crippen molar-refractivity contribution in [3.8, 4) is 11.5 Å². The van der Waals surface area contributed by atoms with E-state index in [1.165, 1.54) is 24.3 Å². The molecule has 3 aromatic rings. The van der Waals surface area contributed by atoms with Crippen molar-refractivity contribution < 1.29 is 14.0 Å². The Balaban J connectivity index is 1.60. The van der Waals surface area contributed by atoms with Crippen LogP contribution in [0.15, 0.2) is 58.3 Å². The number of aromatic nitrogens is 1. The van der Waals surface area contributed by atoms with Crippen molar-refractivity contribution in [2.45, 2.75) is 13.5 Å². The molecule has 0 saturated carbocycles. The molecule has 0 radical (unpaired) electrons. The summed E-state index contributed by atoms with van der Waals surface area (Å²) in [5.41, 5.74) is 1.58. The smallest absolute Gasteiger partial charge is 0.250 e. The molecular formula is C19H17N3O3S. The number of hydrogen-bond acceptors (Lipinski definition) is 5. The van der Waals surface area contributed by atoms with Crippen molar-refractivity contribution in [2.24, 2.45) is 0 Å². The second-order valence-electron chi connectivity index (χ2n) is 5.45. The predicted octanol–water partition coefficient (Wildman–Crippen LogP) is 3.69. The molecule has 0 spiro atoms. The third-order valence-corrected chi connectivity index (χ3v) is 4.14. The van der Waals surface area contributed by atoms with Crippen molar-refractivity contribution in [3.05, 3.63) is 65.2 Å². The highest BCUT2D eigenvalue weighted by Gasteiger charge is 2.10. The van der Waals surface area contributed by atoms with E-state index >= 15 is 0 Å². The lowest BCUT2D eigenvalue weighted by Gasteiger charge is -1.97. The summed E-state index contributed by atoms with van der Waals surface area (Å²) in [4.78, 5) is 27.3. The zero-order valence-corrected chi connectivity index (χ0v) is 14.9. The largest absolute Gasteiger partial charge is 0.458 e. The van der Waals surface area contributed by atoms with Gasteiger partial charge < -0.3 is 9.73 Å². The second kappa shape index (κ2) is 8.26. The van der Waals surface area contributed by atoms with Gasteiger partial charge in [0, 0.05) is 18.4 Å². The van der Waals surface area contributed by atoms with Crippen LogP contribution >= 0.6 is 11.3 Å². The third-order valence-electron chi connectivity index (χ3n) is 3.39. The minimum atomic E-state index is -0.249. The third kappa shape index (κ3) is 4.90. The summed E-state index contributed by atoms with van der Waals surface area (Å²) in [5, 5.41) is 7.69. The van der Waals surface area contributed by atoms with E-state index < -0.39 is 0 Å². The fraction of sp³-hybridized carbons (Fsp3) is 0.105. The number of nitrogens with zero attached hydrogens (tertiary/aromatic N) is 1. The average molecular weight is 367 g/mol. The molecule has 6 nitrogen and oxygen atoms in total. The minimum absolute atomic E-state index is 0.120. The van der Waals surface area contributed by atoms with E-state index in [9.17, 15) is 9.59 Å². The molecule has 7 heteroatoms. The Morgan fingerprint density at radius 1 is 1.19 bits per heavy atom. The molecular weight excluding hydrogens is 350 g/mol. The quantitative estimate of drug-likeness (QED) is 0.651. The first-order chi connectivity index (χ1) is 12.6. The molecule has 0 fully saturated rings. The molecule has 2 heterocycles. The van der Waals surface area contributed by atoms with Crippen LogP contribution in [0, 0.1) is 0 Å². The number of rotatable bonds is 6. The Hall–Kier alpha value is -3.19. The summed E-state index contributed by atoms with van der Waals surface area (Å²) < 4.78 is 5.65. The zero-order chi connectivity index (χ0) is 18.4. The molecule has 0 atom stereocenters. The molecule has 0 saturated heterocycles. The van der Waals surface area contributed by atoms with Gasteiger partial charge in [0.15, 0.2) is 10.9 Å². The number of carbonyl (C=O) groups excluding carboxylic acids is 2. The molecule has 0 unspecified atom stereocenters. The highest BCUT2D eigenvalue weighted by molar-refractivity contribution is 7.14. The fourth-order valence-electron chi connectivity index (χ4n) is 2.15. The van der Waals surface area contributed by atoms with Crippen molar-refractivity contribution in [1.29, 1.82) is 0 Å². The van der Waals surface area contributed by atoms with Gasteiger partial charge in [-0.1, -0.05) is 30.3 Å². The van der Waals surface area contributed by atoms with E-state index in [2.05, 4.69) is 15.6 Å². The highest BCUT2D eigenvalue weighted by Crippen LogP contribution is 2.26. The Labute approximate surface area is 154 Å². The number of nitrogens with one attached hydrogen (secondary N) is 2. The average Bonchev–Trinajstić information content (AvgIpc) is 3.28. The SMILES string of the molecule is CC(=O)NCc1ccc(-c2csc(NC(=O)/C=C/c3ccccc3)n2)o1. The summed E-state index contributed by atoms with van der Waals surface area (Å²) in [6.07, 6.45) is 3.21. The van der Waals surface area contributed by atoms with Crippen molar-refractivity contribution in [2.75, 3.05) is 5.32 Å². The first-order valence-corrected chi connectivity index (χ1v) is 8.81. The van der Waals surface area contributed by atoms with E-state index in [1.54, 1.807) is 23.6 Å². The van der Waals surface area contributed by atoms with Gasteiger partial charge in [0.1, 0.15) is 11.5 Å². The molecule has 26 heavy (non-hydrogen) atoms. The summed E-state index contributed by atoms with van der Waals surface area (Å²) in [6.45, 7) is 1.78. The van der Waals surface area contributed by atoms with Gasteiger partial charge in [-0.25, -0.2) is 4.98 Å². The molecule has 2 N–H and O–H groups in total. The molecule has 0 aliphatic carbocycles. The predicted molar refractivity (Wildman–Crippen MR) is 101 cm³/mol. The topological polar surface area (TPSA) is 84.2 Å². The van der Waals surface area contributed by atoms with Crippen LogP contribution in [0.5, 0.6) is 0 Å². The van der Waals surface area contributed by atoms with Gasteiger partial charge >= 0.3 is 0 Å². The Kier molecular flexibility index (Phi) is 5.60. The lowest BCUT2D eigenvalue weighted by Crippen LogP contribution is -2.18. The molecule has 0 aliphatic heterocycles. The number of anilines is 1. The van der Waals surface area contributed by atoms with Gasteiger partial charge in [0.2, 0.25) is 11.8 Å². The summed E-state index contributed by atoms with van der Waals surface area (Å²) in [5.74, 6) is 0.854. The van der Waals surface area contributed by atoms with Crippen LogP contribution in [0.25, 0.3) is 17.5 Å². The van der Waals surface area contributed by atoms with Crippen LogP contribution in [0.4, 0.5) is 5.13 Å². The molecule has 0 aliphatic rings. The highest BCUT2D eigenvalue weighted by atomic mass is 32.1. The van der Waals surface area contributed by atoms with Gasteiger partial charge in [-0.3, -0.25) is 14.9 Å². The number of amides is 2. The van der Waals surface area contributed by atoms with E-state index in [0.29, 0.717) is 28.9 Å².